The number of hydrogen-bond acceptors (Lipinski definition) is 2. The average molecular weight is 185 g/mol. The van der Waals surface area contributed by atoms with Crippen LogP contribution in [0.5, 0.6) is 0 Å². The van der Waals surface area contributed by atoms with Gasteiger partial charge < -0.3 is 0 Å². The minimum Gasteiger partial charge on any atom is -0.264 e. The fourth-order valence-electron chi connectivity index (χ4n) is 2.39. The van der Waals surface area contributed by atoms with E-state index in [1.807, 2.05) is 0 Å². The highest BCUT2D eigenvalue weighted by atomic mass is 16.6. The lowest BCUT2D eigenvalue weighted by Gasteiger charge is -2.31. The molecule has 0 N–H and O–H groups in total. The van der Waals surface area contributed by atoms with Crippen LogP contribution in [-0.2, 0) is 0 Å². The molecule has 3 atom stereocenters. The number of nitro groups is 1. The van der Waals surface area contributed by atoms with E-state index in [-0.39, 0.29) is 11.0 Å². The van der Waals surface area contributed by atoms with Gasteiger partial charge in [-0.25, -0.2) is 0 Å². The molecule has 13 heavy (non-hydrogen) atoms. The van der Waals surface area contributed by atoms with Gasteiger partial charge in [0.2, 0.25) is 6.04 Å². The predicted molar refractivity (Wildman–Crippen MR) is 52.1 cm³/mol. The predicted octanol–water partition coefficient (Wildman–Crippen LogP) is 2.72. The van der Waals surface area contributed by atoms with E-state index in [1.165, 1.54) is 0 Å². The molecule has 1 aliphatic rings. The summed E-state index contributed by atoms with van der Waals surface area (Å²) in [6.45, 7) is 6.31. The van der Waals surface area contributed by atoms with E-state index in [1.54, 1.807) is 0 Å². The number of rotatable bonds is 2. The summed E-state index contributed by atoms with van der Waals surface area (Å²) in [4.78, 5) is 10.8. The van der Waals surface area contributed by atoms with Gasteiger partial charge in [0.1, 0.15) is 0 Å². The molecule has 0 heterocycles. The largest absolute Gasteiger partial charge is 0.264 e. The van der Waals surface area contributed by atoms with Crippen molar-refractivity contribution in [3.63, 3.8) is 0 Å². The molecule has 0 aromatic heterocycles. The van der Waals surface area contributed by atoms with Crippen LogP contribution in [0.4, 0.5) is 0 Å². The Morgan fingerprint density at radius 2 is 2.00 bits per heavy atom. The lowest BCUT2D eigenvalue weighted by atomic mass is 9.74. The SMILES string of the molecule is CC(C)[C@@H]1CC[C@H](C)C[C@H]1[N+](=O)[O-]. The van der Waals surface area contributed by atoms with Crippen LogP contribution in [0.2, 0.25) is 0 Å². The fraction of sp³-hybridized carbons (Fsp3) is 1.00. The molecule has 0 bridgehead atoms. The highest BCUT2D eigenvalue weighted by molar-refractivity contribution is 4.80. The van der Waals surface area contributed by atoms with Gasteiger partial charge in [-0.2, -0.15) is 0 Å². The highest BCUT2D eigenvalue weighted by Crippen LogP contribution is 2.34. The lowest BCUT2D eigenvalue weighted by Crippen LogP contribution is -2.37. The molecule has 76 valence electrons. The first-order valence-corrected chi connectivity index (χ1v) is 5.16. The van der Waals surface area contributed by atoms with Gasteiger partial charge in [0.05, 0.1) is 0 Å². The summed E-state index contributed by atoms with van der Waals surface area (Å²) >= 11 is 0. The summed E-state index contributed by atoms with van der Waals surface area (Å²) in [5.74, 6) is 1.28. The second-order valence-corrected chi connectivity index (χ2v) is 4.68. The molecule has 1 fully saturated rings. The zero-order chi connectivity index (χ0) is 10.0. The molecule has 0 aromatic rings. The van der Waals surface area contributed by atoms with Crippen molar-refractivity contribution in [1.82, 2.24) is 0 Å². The molecule has 1 aliphatic carbocycles. The van der Waals surface area contributed by atoms with Crippen LogP contribution in [0, 0.1) is 27.9 Å². The first kappa shape index (κ1) is 10.5. The normalized spacial score (nSPS) is 34.9. The maximum absolute atomic E-state index is 10.8. The van der Waals surface area contributed by atoms with E-state index >= 15 is 0 Å². The van der Waals surface area contributed by atoms with Crippen molar-refractivity contribution in [3.05, 3.63) is 10.1 Å². The monoisotopic (exact) mass is 185 g/mol. The maximum Gasteiger partial charge on any atom is 0.216 e. The summed E-state index contributed by atoms with van der Waals surface area (Å²) < 4.78 is 0. The second-order valence-electron chi connectivity index (χ2n) is 4.68. The van der Waals surface area contributed by atoms with E-state index < -0.39 is 0 Å². The molecule has 0 unspecified atom stereocenters. The molecule has 0 saturated heterocycles. The molecule has 0 amide bonds. The first-order valence-electron chi connectivity index (χ1n) is 5.16. The summed E-state index contributed by atoms with van der Waals surface area (Å²) in [6.07, 6.45) is 2.97. The van der Waals surface area contributed by atoms with Crippen molar-refractivity contribution in [2.75, 3.05) is 0 Å². The van der Waals surface area contributed by atoms with Crippen LogP contribution in [0.3, 0.4) is 0 Å². The highest BCUT2D eigenvalue weighted by Gasteiger charge is 2.38. The second kappa shape index (κ2) is 4.07. The summed E-state index contributed by atoms with van der Waals surface area (Å²) in [7, 11) is 0. The number of nitrogens with zero attached hydrogens (tertiary/aromatic N) is 1. The van der Waals surface area contributed by atoms with Gasteiger partial charge in [-0.1, -0.05) is 20.8 Å². The van der Waals surface area contributed by atoms with Gasteiger partial charge in [-0.3, -0.25) is 10.1 Å². The van der Waals surface area contributed by atoms with Crippen LogP contribution in [0.15, 0.2) is 0 Å². The average Bonchev–Trinajstić information content (AvgIpc) is 2.03. The van der Waals surface area contributed by atoms with Crippen LogP contribution in [0.1, 0.15) is 40.0 Å². The Morgan fingerprint density at radius 1 is 1.38 bits per heavy atom. The van der Waals surface area contributed by atoms with Crippen LogP contribution < -0.4 is 0 Å². The molecule has 0 aromatic carbocycles. The van der Waals surface area contributed by atoms with E-state index in [9.17, 15) is 10.1 Å². The molecular formula is C10H19NO2. The summed E-state index contributed by atoms with van der Waals surface area (Å²) in [5, 5.41) is 10.8. The van der Waals surface area contributed by atoms with Crippen molar-refractivity contribution in [3.8, 4) is 0 Å². The third kappa shape index (κ3) is 2.42. The molecule has 1 saturated carbocycles. The molecule has 0 spiro atoms. The quantitative estimate of drug-likeness (QED) is 0.490. The van der Waals surface area contributed by atoms with Gasteiger partial charge in [-0.05, 0) is 24.7 Å². The van der Waals surface area contributed by atoms with Crippen LogP contribution in [-0.4, -0.2) is 11.0 Å². The van der Waals surface area contributed by atoms with Crippen LogP contribution in [0.25, 0.3) is 0 Å². The zero-order valence-electron chi connectivity index (χ0n) is 8.69. The fourth-order valence-corrected chi connectivity index (χ4v) is 2.39. The maximum atomic E-state index is 10.8. The molecule has 1 rings (SSSR count). The van der Waals surface area contributed by atoms with Gasteiger partial charge >= 0.3 is 0 Å². The Labute approximate surface area is 79.7 Å². The van der Waals surface area contributed by atoms with Crippen molar-refractivity contribution < 1.29 is 4.92 Å². The minimum absolute atomic E-state index is 0.0691. The molecule has 0 aliphatic heterocycles. The lowest BCUT2D eigenvalue weighted by molar-refractivity contribution is -0.539. The third-order valence-electron chi connectivity index (χ3n) is 3.26. The standard InChI is InChI=1S/C10H19NO2/c1-7(2)9-5-4-8(3)6-10(9)11(12)13/h7-10H,4-6H2,1-3H3/t8-,9-,10+/m0/s1. The topological polar surface area (TPSA) is 43.1 Å². The molecule has 3 nitrogen and oxygen atoms in total. The molecule has 0 radical (unpaired) electrons. The molecular weight excluding hydrogens is 166 g/mol. The third-order valence-corrected chi connectivity index (χ3v) is 3.26. The Bertz CT molecular complexity index is 191. The first-order chi connectivity index (χ1) is 6.02. The number of hydrogen-bond donors (Lipinski definition) is 0. The van der Waals surface area contributed by atoms with E-state index in [0.29, 0.717) is 17.8 Å². The Balaban J connectivity index is 2.66. The zero-order valence-corrected chi connectivity index (χ0v) is 8.69. The van der Waals surface area contributed by atoms with E-state index in [2.05, 4.69) is 20.8 Å². The molecule has 3 heteroatoms. The van der Waals surface area contributed by atoms with Crippen molar-refractivity contribution >= 4 is 0 Å². The minimum atomic E-state index is -0.288. The van der Waals surface area contributed by atoms with Gasteiger partial charge in [-0.15, -0.1) is 0 Å². The van der Waals surface area contributed by atoms with Crippen molar-refractivity contribution in [1.29, 1.82) is 0 Å². The van der Waals surface area contributed by atoms with Gasteiger partial charge in [0, 0.05) is 17.3 Å². The Kier molecular flexibility index (Phi) is 3.28. The Morgan fingerprint density at radius 3 is 2.46 bits per heavy atom. The van der Waals surface area contributed by atoms with Gasteiger partial charge in [0.25, 0.3) is 0 Å². The summed E-state index contributed by atoms with van der Waals surface area (Å²) in [6, 6.07) is -0.288. The smallest absolute Gasteiger partial charge is 0.216 e. The summed E-state index contributed by atoms with van der Waals surface area (Å²) in [5.41, 5.74) is 0. The Hall–Kier alpha value is -0.600. The van der Waals surface area contributed by atoms with Crippen LogP contribution >= 0.6 is 0 Å². The van der Waals surface area contributed by atoms with E-state index in [4.69, 9.17) is 0 Å². The van der Waals surface area contributed by atoms with Crippen molar-refractivity contribution in [2.24, 2.45) is 17.8 Å². The van der Waals surface area contributed by atoms with Gasteiger partial charge in [0.15, 0.2) is 0 Å². The van der Waals surface area contributed by atoms with E-state index in [0.717, 1.165) is 19.3 Å². The van der Waals surface area contributed by atoms with Crippen molar-refractivity contribution in [2.45, 2.75) is 46.1 Å².